The number of hydrogen-bond acceptors (Lipinski definition) is 1. The van der Waals surface area contributed by atoms with Crippen molar-refractivity contribution in [2.45, 2.75) is 37.1 Å². The molecular formula is C14H16BrCl2NO. The zero-order chi connectivity index (χ0) is 14.0. The van der Waals surface area contributed by atoms with E-state index in [4.69, 9.17) is 23.2 Å². The smallest absolute Gasteiger partial charge is 0.253 e. The van der Waals surface area contributed by atoms with Crippen LogP contribution in [0.1, 0.15) is 36.0 Å². The zero-order valence-corrected chi connectivity index (χ0v) is 13.8. The van der Waals surface area contributed by atoms with E-state index in [9.17, 15) is 4.79 Å². The van der Waals surface area contributed by atoms with Gasteiger partial charge in [-0.1, -0.05) is 24.4 Å². The molecule has 0 spiro atoms. The maximum absolute atomic E-state index is 12.5. The van der Waals surface area contributed by atoms with Crippen LogP contribution < -0.4 is 0 Å². The number of nitrogens with zero attached hydrogens (tertiary/aromatic N) is 1. The number of rotatable bonds is 2. The number of carbonyl (C=O) groups excluding carboxylic acids is 1. The summed E-state index contributed by atoms with van der Waals surface area (Å²) in [5.74, 6) is -0.00471. The van der Waals surface area contributed by atoms with Gasteiger partial charge < -0.3 is 4.90 Å². The van der Waals surface area contributed by atoms with E-state index in [0.29, 0.717) is 10.6 Å². The second-order valence-corrected chi connectivity index (χ2v) is 6.73. The average molecular weight is 365 g/mol. The second kappa shape index (κ2) is 6.47. The van der Waals surface area contributed by atoms with E-state index in [2.05, 4.69) is 15.9 Å². The fourth-order valence-corrected chi connectivity index (χ4v) is 3.43. The van der Waals surface area contributed by atoms with Crippen molar-refractivity contribution in [1.29, 1.82) is 0 Å². The van der Waals surface area contributed by atoms with Gasteiger partial charge in [0.05, 0.1) is 10.4 Å². The van der Waals surface area contributed by atoms with Gasteiger partial charge in [0.25, 0.3) is 5.91 Å². The molecule has 1 aromatic carbocycles. The van der Waals surface area contributed by atoms with Crippen molar-refractivity contribution in [1.82, 2.24) is 4.90 Å². The summed E-state index contributed by atoms with van der Waals surface area (Å²) in [6.45, 7) is 0. The van der Waals surface area contributed by atoms with Crippen molar-refractivity contribution in [3.05, 3.63) is 33.3 Å². The molecule has 0 bridgehead atoms. The molecule has 1 aliphatic carbocycles. The van der Waals surface area contributed by atoms with Crippen LogP contribution in [0.4, 0.5) is 0 Å². The lowest BCUT2D eigenvalue weighted by atomic mass is 9.93. The molecule has 0 N–H and O–H groups in total. The summed E-state index contributed by atoms with van der Waals surface area (Å²) in [7, 11) is 1.83. The molecule has 2 atom stereocenters. The topological polar surface area (TPSA) is 20.3 Å². The van der Waals surface area contributed by atoms with E-state index >= 15 is 0 Å². The van der Waals surface area contributed by atoms with Gasteiger partial charge in [-0.2, -0.15) is 0 Å². The third kappa shape index (κ3) is 3.45. The van der Waals surface area contributed by atoms with Crippen LogP contribution >= 0.6 is 39.1 Å². The normalized spacial score (nSPS) is 23.2. The summed E-state index contributed by atoms with van der Waals surface area (Å²) in [6.07, 6.45) is 4.24. The zero-order valence-electron chi connectivity index (χ0n) is 10.7. The lowest BCUT2D eigenvalue weighted by Crippen LogP contribution is -2.44. The van der Waals surface area contributed by atoms with Crippen LogP contribution in [0, 0.1) is 0 Å². The Morgan fingerprint density at radius 3 is 2.68 bits per heavy atom. The van der Waals surface area contributed by atoms with Gasteiger partial charge in [0.15, 0.2) is 0 Å². The Hall–Kier alpha value is -0.250. The van der Waals surface area contributed by atoms with E-state index in [0.717, 1.165) is 30.2 Å². The molecule has 1 saturated carbocycles. The summed E-state index contributed by atoms with van der Waals surface area (Å²) in [6, 6.07) is 5.36. The Kier molecular flexibility index (Phi) is 5.15. The van der Waals surface area contributed by atoms with Gasteiger partial charge in [-0.3, -0.25) is 4.79 Å². The minimum Gasteiger partial charge on any atom is -0.337 e. The van der Waals surface area contributed by atoms with Crippen molar-refractivity contribution in [3.8, 4) is 0 Å². The van der Waals surface area contributed by atoms with Gasteiger partial charge in [-0.05, 0) is 47.0 Å². The number of alkyl halides is 1. The number of carbonyl (C=O) groups is 1. The molecule has 1 fully saturated rings. The fraction of sp³-hybridized carbons (Fsp3) is 0.500. The summed E-state index contributed by atoms with van der Waals surface area (Å²) in [4.78, 5) is 14.2. The minimum absolute atomic E-state index is 0.00471. The monoisotopic (exact) mass is 363 g/mol. The maximum atomic E-state index is 12.5. The van der Waals surface area contributed by atoms with Crippen LogP contribution in [-0.4, -0.2) is 29.3 Å². The van der Waals surface area contributed by atoms with Gasteiger partial charge in [0, 0.05) is 23.1 Å². The van der Waals surface area contributed by atoms with Crippen LogP contribution in [0.3, 0.4) is 0 Å². The lowest BCUT2D eigenvalue weighted by molar-refractivity contribution is 0.0700. The molecule has 19 heavy (non-hydrogen) atoms. The highest BCUT2D eigenvalue weighted by molar-refractivity contribution is 9.10. The molecule has 0 aliphatic heterocycles. The van der Waals surface area contributed by atoms with Gasteiger partial charge in [-0.15, -0.1) is 11.6 Å². The van der Waals surface area contributed by atoms with Crippen LogP contribution in [0.15, 0.2) is 22.7 Å². The minimum atomic E-state index is -0.00471. The van der Waals surface area contributed by atoms with E-state index in [-0.39, 0.29) is 17.3 Å². The number of amides is 1. The molecule has 2 unspecified atom stereocenters. The predicted octanol–water partition coefficient (Wildman–Crippen LogP) is 4.72. The molecule has 0 saturated heterocycles. The van der Waals surface area contributed by atoms with Crippen molar-refractivity contribution in [2.24, 2.45) is 0 Å². The Labute approximate surface area is 132 Å². The molecule has 2 rings (SSSR count). The Bertz CT molecular complexity index is 481. The van der Waals surface area contributed by atoms with E-state index in [1.165, 1.54) is 0 Å². The first kappa shape index (κ1) is 15.1. The van der Waals surface area contributed by atoms with Gasteiger partial charge >= 0.3 is 0 Å². The molecule has 0 heterocycles. The molecule has 1 aromatic rings. The van der Waals surface area contributed by atoms with Gasteiger partial charge in [0.1, 0.15) is 0 Å². The molecule has 0 aromatic heterocycles. The van der Waals surface area contributed by atoms with E-state index in [1.807, 2.05) is 7.05 Å². The SMILES string of the molecule is CN(C(=O)c1ccc(Cl)c(Br)c1)C1CCCCC1Cl. The van der Waals surface area contributed by atoms with Crippen molar-refractivity contribution in [2.75, 3.05) is 7.05 Å². The Balaban J connectivity index is 2.15. The second-order valence-electron chi connectivity index (χ2n) is 4.91. The van der Waals surface area contributed by atoms with E-state index in [1.54, 1.807) is 23.1 Å². The predicted molar refractivity (Wildman–Crippen MR) is 83.1 cm³/mol. The highest BCUT2D eigenvalue weighted by Crippen LogP contribution is 2.29. The Morgan fingerprint density at radius 1 is 1.37 bits per heavy atom. The van der Waals surface area contributed by atoms with Crippen LogP contribution in [0.25, 0.3) is 0 Å². The molecule has 1 amide bonds. The fourth-order valence-electron chi connectivity index (χ4n) is 2.49. The maximum Gasteiger partial charge on any atom is 0.253 e. The molecule has 2 nitrogen and oxygen atoms in total. The molecule has 104 valence electrons. The molecular weight excluding hydrogens is 349 g/mol. The summed E-state index contributed by atoms with van der Waals surface area (Å²) in [5.41, 5.74) is 0.633. The number of hydrogen-bond donors (Lipinski definition) is 0. The third-order valence-corrected chi connectivity index (χ3v) is 5.35. The number of benzene rings is 1. The summed E-state index contributed by atoms with van der Waals surface area (Å²) >= 11 is 15.6. The van der Waals surface area contributed by atoms with Gasteiger partial charge in [-0.25, -0.2) is 0 Å². The summed E-state index contributed by atoms with van der Waals surface area (Å²) < 4.78 is 0.736. The largest absolute Gasteiger partial charge is 0.337 e. The molecule has 1 aliphatic rings. The lowest BCUT2D eigenvalue weighted by Gasteiger charge is -2.35. The molecule has 5 heteroatoms. The highest BCUT2D eigenvalue weighted by Gasteiger charge is 2.29. The first-order chi connectivity index (χ1) is 9.00. The average Bonchev–Trinajstić information content (AvgIpc) is 2.41. The Morgan fingerprint density at radius 2 is 2.05 bits per heavy atom. The van der Waals surface area contributed by atoms with Crippen molar-refractivity contribution < 1.29 is 4.79 Å². The standard InChI is InChI=1S/C14H16BrCl2NO/c1-18(13-5-3-2-4-12(13)17)14(19)9-6-7-11(16)10(15)8-9/h6-8,12-13H,2-5H2,1H3. The van der Waals surface area contributed by atoms with Crippen LogP contribution in [0.5, 0.6) is 0 Å². The number of halogens is 3. The van der Waals surface area contributed by atoms with Crippen LogP contribution in [-0.2, 0) is 0 Å². The first-order valence-corrected chi connectivity index (χ1v) is 7.97. The van der Waals surface area contributed by atoms with Crippen molar-refractivity contribution in [3.63, 3.8) is 0 Å². The van der Waals surface area contributed by atoms with E-state index < -0.39 is 0 Å². The van der Waals surface area contributed by atoms with Crippen molar-refractivity contribution >= 4 is 45.0 Å². The summed E-state index contributed by atoms with van der Waals surface area (Å²) in [5, 5.41) is 0.658. The highest BCUT2D eigenvalue weighted by atomic mass is 79.9. The molecule has 0 radical (unpaired) electrons. The van der Waals surface area contributed by atoms with Gasteiger partial charge in [0.2, 0.25) is 0 Å². The quantitative estimate of drug-likeness (QED) is 0.695. The third-order valence-electron chi connectivity index (χ3n) is 3.63. The van der Waals surface area contributed by atoms with Crippen LogP contribution in [0.2, 0.25) is 5.02 Å². The first-order valence-electron chi connectivity index (χ1n) is 6.37.